The van der Waals surface area contributed by atoms with Crippen molar-refractivity contribution in [1.29, 1.82) is 0 Å². The topological polar surface area (TPSA) is 26.0 Å². The van der Waals surface area contributed by atoms with Gasteiger partial charge in [-0.3, -0.25) is 0 Å². The number of aryl methyl sites for hydroxylation is 1. The maximum Gasteiger partial charge on any atom is 0.0485 e. The number of halogens is 1. The van der Waals surface area contributed by atoms with E-state index >= 15 is 0 Å². The number of benzene rings is 1. The van der Waals surface area contributed by atoms with Gasteiger partial charge in [-0.25, -0.2) is 0 Å². The fourth-order valence-corrected chi connectivity index (χ4v) is 2.80. The van der Waals surface area contributed by atoms with Crippen molar-refractivity contribution in [3.05, 3.63) is 34.3 Å². The molecule has 1 aromatic carbocycles. The highest BCUT2D eigenvalue weighted by Gasteiger charge is 2.31. The molecule has 1 nitrogen and oxygen atoms in total. The van der Waals surface area contributed by atoms with E-state index in [1.54, 1.807) is 0 Å². The third-order valence-electron chi connectivity index (χ3n) is 3.47. The Hall–Kier alpha value is -0.530. The van der Waals surface area contributed by atoms with Crippen molar-refractivity contribution in [2.75, 3.05) is 0 Å². The summed E-state index contributed by atoms with van der Waals surface area (Å²) in [7, 11) is 0. The van der Waals surface area contributed by atoms with Gasteiger partial charge in [0.15, 0.2) is 0 Å². The molecule has 0 heterocycles. The van der Waals surface area contributed by atoms with Gasteiger partial charge in [0.2, 0.25) is 0 Å². The lowest BCUT2D eigenvalue weighted by atomic mass is 9.77. The fraction of sp³-hybridized carbons (Fsp3) is 0.538. The number of hydrogen-bond donors (Lipinski definition) is 1. The predicted octanol–water partition coefficient (Wildman–Crippen LogP) is 3.77. The zero-order chi connectivity index (χ0) is 10.9. The van der Waals surface area contributed by atoms with Crippen LogP contribution in [0.25, 0.3) is 0 Å². The van der Waals surface area contributed by atoms with E-state index in [9.17, 15) is 0 Å². The lowest BCUT2D eigenvalue weighted by Gasteiger charge is -2.34. The summed E-state index contributed by atoms with van der Waals surface area (Å²) in [6.07, 6.45) is 5.89. The average Bonchev–Trinajstić information content (AvgIpc) is 2.23. The van der Waals surface area contributed by atoms with E-state index in [1.807, 2.05) is 13.0 Å². The first-order chi connectivity index (χ1) is 7.13. The van der Waals surface area contributed by atoms with Crippen LogP contribution in [-0.2, 0) is 5.54 Å². The summed E-state index contributed by atoms with van der Waals surface area (Å²) in [5.41, 5.74) is 8.56. The maximum atomic E-state index is 6.47. The van der Waals surface area contributed by atoms with E-state index in [-0.39, 0.29) is 5.54 Å². The Morgan fingerprint density at radius 2 is 1.87 bits per heavy atom. The number of hydrogen-bond acceptors (Lipinski definition) is 1. The highest BCUT2D eigenvalue weighted by molar-refractivity contribution is 6.32. The molecule has 1 aliphatic rings. The van der Waals surface area contributed by atoms with Gasteiger partial charge in [-0.2, -0.15) is 0 Å². The molecule has 0 unspecified atom stereocenters. The summed E-state index contributed by atoms with van der Waals surface area (Å²) in [5, 5.41) is 0.863. The normalized spacial score (nSPS) is 20.2. The zero-order valence-electron chi connectivity index (χ0n) is 9.22. The van der Waals surface area contributed by atoms with E-state index < -0.39 is 0 Å². The molecule has 2 heteroatoms. The molecule has 82 valence electrons. The van der Waals surface area contributed by atoms with E-state index in [1.165, 1.54) is 19.3 Å². The highest BCUT2D eigenvalue weighted by atomic mass is 35.5. The molecule has 0 amide bonds. The van der Waals surface area contributed by atoms with Gasteiger partial charge in [0.05, 0.1) is 0 Å². The van der Waals surface area contributed by atoms with Crippen LogP contribution in [0.3, 0.4) is 0 Å². The Kier molecular flexibility index (Phi) is 3.03. The molecule has 2 N–H and O–H groups in total. The van der Waals surface area contributed by atoms with Crippen molar-refractivity contribution in [2.24, 2.45) is 5.73 Å². The smallest absolute Gasteiger partial charge is 0.0485 e. The first-order valence-corrected chi connectivity index (χ1v) is 6.06. The van der Waals surface area contributed by atoms with Crippen molar-refractivity contribution in [3.8, 4) is 0 Å². The minimum atomic E-state index is -0.179. The second kappa shape index (κ2) is 4.15. The van der Waals surface area contributed by atoms with Crippen LogP contribution in [0.4, 0.5) is 0 Å². The largest absolute Gasteiger partial charge is 0.321 e. The molecule has 1 aromatic rings. The molecule has 0 aromatic heterocycles. The Bertz CT molecular complexity index is 354. The molecule has 0 atom stereocenters. The quantitative estimate of drug-likeness (QED) is 0.771. The second-order valence-electron chi connectivity index (χ2n) is 4.65. The van der Waals surface area contributed by atoms with Crippen LogP contribution in [0.15, 0.2) is 18.2 Å². The molecule has 0 bridgehead atoms. The van der Waals surface area contributed by atoms with E-state index in [0.717, 1.165) is 29.0 Å². The van der Waals surface area contributed by atoms with E-state index in [4.69, 9.17) is 17.3 Å². The summed E-state index contributed by atoms with van der Waals surface area (Å²) in [6, 6.07) is 6.18. The van der Waals surface area contributed by atoms with Gasteiger partial charge in [0.1, 0.15) is 0 Å². The first-order valence-electron chi connectivity index (χ1n) is 5.68. The Morgan fingerprint density at radius 3 is 2.53 bits per heavy atom. The minimum Gasteiger partial charge on any atom is -0.321 e. The molecule has 1 aliphatic carbocycles. The van der Waals surface area contributed by atoms with Crippen LogP contribution in [0.2, 0.25) is 5.02 Å². The molecule has 15 heavy (non-hydrogen) atoms. The van der Waals surface area contributed by atoms with Crippen molar-refractivity contribution in [1.82, 2.24) is 0 Å². The third kappa shape index (κ3) is 2.04. The van der Waals surface area contributed by atoms with Crippen molar-refractivity contribution < 1.29 is 0 Å². The summed E-state index contributed by atoms with van der Waals surface area (Å²) >= 11 is 6.34. The Balaban J connectivity index is 2.39. The van der Waals surface area contributed by atoms with Gasteiger partial charge in [-0.15, -0.1) is 0 Å². The van der Waals surface area contributed by atoms with Crippen LogP contribution in [-0.4, -0.2) is 0 Å². The second-order valence-corrected chi connectivity index (χ2v) is 5.03. The standard InChI is InChI=1S/C13H18ClN/c1-10-6-5-7-11(12(10)14)13(15)8-3-2-4-9-13/h5-7H,2-4,8-9,15H2,1H3. The molecule has 0 spiro atoms. The monoisotopic (exact) mass is 223 g/mol. The third-order valence-corrected chi connectivity index (χ3v) is 3.98. The lowest BCUT2D eigenvalue weighted by molar-refractivity contribution is 0.302. The molecule has 0 saturated heterocycles. The van der Waals surface area contributed by atoms with Crippen molar-refractivity contribution >= 4 is 11.6 Å². The van der Waals surface area contributed by atoms with Gasteiger partial charge in [0, 0.05) is 10.6 Å². The van der Waals surface area contributed by atoms with Crippen LogP contribution >= 0.6 is 11.6 Å². The summed E-state index contributed by atoms with van der Waals surface area (Å²) in [4.78, 5) is 0. The molecule has 2 rings (SSSR count). The molecule has 0 aliphatic heterocycles. The maximum absolute atomic E-state index is 6.47. The number of rotatable bonds is 1. The van der Waals surface area contributed by atoms with Crippen molar-refractivity contribution in [3.63, 3.8) is 0 Å². The van der Waals surface area contributed by atoms with Gasteiger partial charge >= 0.3 is 0 Å². The van der Waals surface area contributed by atoms with Crippen LogP contribution < -0.4 is 5.73 Å². The molecular formula is C13H18ClN. The summed E-state index contributed by atoms with van der Waals surface area (Å²) in [5.74, 6) is 0. The minimum absolute atomic E-state index is 0.179. The Labute approximate surface area is 96.6 Å². The van der Waals surface area contributed by atoms with Gasteiger partial charge in [0.25, 0.3) is 0 Å². The van der Waals surface area contributed by atoms with Crippen LogP contribution in [0, 0.1) is 6.92 Å². The first kappa shape index (κ1) is 11.0. The van der Waals surface area contributed by atoms with E-state index in [0.29, 0.717) is 0 Å². The zero-order valence-corrected chi connectivity index (χ0v) is 9.98. The van der Waals surface area contributed by atoms with Crippen LogP contribution in [0.1, 0.15) is 43.2 Å². The highest BCUT2D eigenvalue weighted by Crippen LogP contribution is 2.38. The summed E-state index contributed by atoms with van der Waals surface area (Å²) < 4.78 is 0. The predicted molar refractivity (Wildman–Crippen MR) is 65.1 cm³/mol. The van der Waals surface area contributed by atoms with Crippen molar-refractivity contribution in [2.45, 2.75) is 44.6 Å². The average molecular weight is 224 g/mol. The molecular weight excluding hydrogens is 206 g/mol. The lowest BCUT2D eigenvalue weighted by Crippen LogP contribution is -2.38. The Morgan fingerprint density at radius 1 is 1.20 bits per heavy atom. The fourth-order valence-electron chi connectivity index (χ4n) is 2.48. The summed E-state index contributed by atoms with van der Waals surface area (Å²) in [6.45, 7) is 2.04. The van der Waals surface area contributed by atoms with E-state index in [2.05, 4.69) is 12.1 Å². The molecule has 1 fully saturated rings. The molecule has 1 saturated carbocycles. The van der Waals surface area contributed by atoms with Gasteiger partial charge in [-0.05, 0) is 30.9 Å². The molecule has 0 radical (unpaired) electrons. The van der Waals surface area contributed by atoms with Crippen LogP contribution in [0.5, 0.6) is 0 Å². The SMILES string of the molecule is Cc1cccc(C2(N)CCCCC2)c1Cl. The van der Waals surface area contributed by atoms with Gasteiger partial charge in [-0.1, -0.05) is 49.1 Å². The number of nitrogens with two attached hydrogens (primary N) is 1. The van der Waals surface area contributed by atoms with Gasteiger partial charge < -0.3 is 5.73 Å².